The van der Waals surface area contributed by atoms with Crippen LogP contribution in [0.4, 0.5) is 0 Å². The number of carbonyl (C=O) groups is 2. The fraction of sp³-hybridized carbons (Fsp3) is 0.160. The Kier molecular flexibility index (Phi) is 7.59. The van der Waals surface area contributed by atoms with Crippen LogP contribution < -0.4 is 19.6 Å². The highest BCUT2D eigenvalue weighted by Gasteiger charge is 2.14. The summed E-state index contributed by atoms with van der Waals surface area (Å²) < 4.78 is 16.3. The van der Waals surface area contributed by atoms with Crippen LogP contribution in [0.2, 0.25) is 0 Å². The number of esters is 1. The number of nitrogens with zero attached hydrogens (tertiary/aromatic N) is 1. The maximum Gasteiger partial charge on any atom is 0.343 e. The number of carbonyl (C=O) groups excluding carboxylic acids is 2. The average Bonchev–Trinajstić information content (AvgIpc) is 2.81. The van der Waals surface area contributed by atoms with E-state index in [-0.39, 0.29) is 11.7 Å². The molecule has 0 radical (unpaired) electrons. The Labute approximate surface area is 186 Å². The van der Waals surface area contributed by atoms with Crippen LogP contribution in [0.15, 0.2) is 71.8 Å². The van der Waals surface area contributed by atoms with Crippen LogP contribution in [0.3, 0.4) is 0 Å². The van der Waals surface area contributed by atoms with Crippen LogP contribution in [-0.4, -0.2) is 31.8 Å². The number of nitrogens with one attached hydrogen (secondary N) is 1. The van der Waals surface area contributed by atoms with Crippen molar-refractivity contribution in [3.63, 3.8) is 0 Å². The molecule has 7 heteroatoms. The summed E-state index contributed by atoms with van der Waals surface area (Å²) in [6.07, 6.45) is 1.49. The summed E-state index contributed by atoms with van der Waals surface area (Å²) in [6, 6.07) is 19.0. The predicted molar refractivity (Wildman–Crippen MR) is 122 cm³/mol. The smallest absolute Gasteiger partial charge is 0.343 e. The molecule has 0 bridgehead atoms. The fourth-order valence-corrected chi connectivity index (χ4v) is 2.92. The van der Waals surface area contributed by atoms with Crippen LogP contribution in [0.25, 0.3) is 0 Å². The number of aryl methyl sites for hydroxylation is 1. The van der Waals surface area contributed by atoms with Crippen molar-refractivity contribution >= 4 is 18.1 Å². The zero-order valence-corrected chi connectivity index (χ0v) is 18.1. The fourth-order valence-electron chi connectivity index (χ4n) is 2.92. The highest BCUT2D eigenvalue weighted by molar-refractivity contribution is 5.96. The van der Waals surface area contributed by atoms with Crippen molar-refractivity contribution in [2.24, 2.45) is 5.10 Å². The number of hydrogen-bond acceptors (Lipinski definition) is 6. The summed E-state index contributed by atoms with van der Waals surface area (Å²) >= 11 is 0. The number of ether oxygens (including phenoxy) is 3. The Balaban J connectivity index is 1.72. The third-order valence-corrected chi connectivity index (χ3v) is 4.55. The number of amides is 1. The molecule has 0 saturated heterocycles. The molecule has 7 nitrogen and oxygen atoms in total. The first-order valence-electron chi connectivity index (χ1n) is 10.0. The summed E-state index contributed by atoms with van der Waals surface area (Å²) in [5.41, 5.74) is 4.95. The molecule has 3 aromatic carbocycles. The number of methoxy groups -OCH3 is 1. The van der Waals surface area contributed by atoms with E-state index in [2.05, 4.69) is 10.5 Å². The monoisotopic (exact) mass is 432 g/mol. The van der Waals surface area contributed by atoms with Gasteiger partial charge < -0.3 is 14.2 Å². The van der Waals surface area contributed by atoms with Crippen LogP contribution in [0, 0.1) is 6.92 Å². The molecule has 0 aliphatic carbocycles. The molecule has 3 rings (SSSR count). The number of benzene rings is 3. The lowest BCUT2D eigenvalue weighted by Crippen LogP contribution is -2.18. The highest BCUT2D eigenvalue weighted by Crippen LogP contribution is 2.29. The van der Waals surface area contributed by atoms with Crippen molar-refractivity contribution in [2.45, 2.75) is 13.8 Å². The lowest BCUT2D eigenvalue weighted by Gasteiger charge is -2.11. The quantitative estimate of drug-likeness (QED) is 0.247. The third-order valence-electron chi connectivity index (χ3n) is 4.55. The SMILES string of the molecule is CCOc1cc(C=NNC(=O)c2ccccc2C)ccc1OC(=O)c1cccc(OC)c1. The molecule has 0 aromatic heterocycles. The minimum Gasteiger partial charge on any atom is -0.497 e. The first-order chi connectivity index (χ1) is 15.5. The van der Waals surface area contributed by atoms with Crippen LogP contribution in [-0.2, 0) is 0 Å². The van der Waals surface area contributed by atoms with Gasteiger partial charge in [0.1, 0.15) is 5.75 Å². The Morgan fingerprint density at radius 1 is 1.00 bits per heavy atom. The molecule has 0 heterocycles. The zero-order valence-electron chi connectivity index (χ0n) is 18.1. The number of rotatable bonds is 8. The normalized spacial score (nSPS) is 10.6. The molecule has 164 valence electrons. The lowest BCUT2D eigenvalue weighted by atomic mass is 10.1. The van der Waals surface area contributed by atoms with Gasteiger partial charge in [0.05, 0.1) is 25.5 Å². The van der Waals surface area contributed by atoms with Gasteiger partial charge in [0, 0.05) is 5.56 Å². The molecule has 1 N–H and O–H groups in total. The average molecular weight is 432 g/mol. The predicted octanol–water partition coefficient (Wildman–Crippen LogP) is 4.39. The van der Waals surface area contributed by atoms with Gasteiger partial charge in [0.2, 0.25) is 0 Å². The minimum absolute atomic E-state index is 0.278. The molecule has 0 fully saturated rings. The minimum atomic E-state index is -0.531. The van der Waals surface area contributed by atoms with E-state index >= 15 is 0 Å². The van der Waals surface area contributed by atoms with Gasteiger partial charge in [-0.1, -0.05) is 24.3 Å². The van der Waals surface area contributed by atoms with Gasteiger partial charge in [0.15, 0.2) is 11.5 Å². The van der Waals surface area contributed by atoms with E-state index in [1.807, 2.05) is 26.0 Å². The molecular formula is C25H24N2O5. The zero-order chi connectivity index (χ0) is 22.9. The van der Waals surface area contributed by atoms with Gasteiger partial charge in [0.25, 0.3) is 5.91 Å². The molecule has 0 aliphatic heterocycles. The highest BCUT2D eigenvalue weighted by atomic mass is 16.6. The van der Waals surface area contributed by atoms with E-state index in [4.69, 9.17) is 14.2 Å². The first-order valence-corrected chi connectivity index (χ1v) is 10.0. The van der Waals surface area contributed by atoms with Gasteiger partial charge >= 0.3 is 5.97 Å². The van der Waals surface area contributed by atoms with Crippen molar-refractivity contribution in [2.75, 3.05) is 13.7 Å². The topological polar surface area (TPSA) is 86.2 Å². The van der Waals surface area contributed by atoms with Crippen molar-refractivity contribution in [1.29, 1.82) is 0 Å². The first kappa shape index (κ1) is 22.6. The Morgan fingerprint density at radius 3 is 2.56 bits per heavy atom. The van der Waals surface area contributed by atoms with E-state index in [9.17, 15) is 9.59 Å². The maximum atomic E-state index is 12.5. The van der Waals surface area contributed by atoms with Crippen LogP contribution in [0.1, 0.15) is 38.8 Å². The summed E-state index contributed by atoms with van der Waals surface area (Å²) in [6.45, 7) is 4.07. The summed E-state index contributed by atoms with van der Waals surface area (Å²) in [4.78, 5) is 24.8. The van der Waals surface area contributed by atoms with Gasteiger partial charge in [-0.3, -0.25) is 4.79 Å². The van der Waals surface area contributed by atoms with E-state index < -0.39 is 5.97 Å². The van der Waals surface area contributed by atoms with E-state index in [0.717, 1.165) is 5.56 Å². The van der Waals surface area contributed by atoms with Crippen molar-refractivity contribution in [3.8, 4) is 17.2 Å². The molecule has 1 amide bonds. The lowest BCUT2D eigenvalue weighted by molar-refractivity contribution is 0.0727. The molecular weight excluding hydrogens is 408 g/mol. The maximum absolute atomic E-state index is 12.5. The summed E-state index contributed by atoms with van der Waals surface area (Å²) in [7, 11) is 1.53. The molecule has 3 aromatic rings. The van der Waals surface area contributed by atoms with E-state index in [1.54, 1.807) is 54.6 Å². The van der Waals surface area contributed by atoms with Gasteiger partial charge in [-0.15, -0.1) is 0 Å². The number of hydrogen-bond donors (Lipinski definition) is 1. The molecule has 0 spiro atoms. The number of hydrazone groups is 1. The van der Waals surface area contributed by atoms with Crippen molar-refractivity contribution < 1.29 is 23.8 Å². The van der Waals surface area contributed by atoms with E-state index in [1.165, 1.54) is 13.3 Å². The second-order valence-electron chi connectivity index (χ2n) is 6.77. The van der Waals surface area contributed by atoms with Gasteiger partial charge in [-0.25, -0.2) is 10.2 Å². The summed E-state index contributed by atoms with van der Waals surface area (Å²) in [5, 5.41) is 4.02. The molecule has 0 unspecified atom stereocenters. The van der Waals surface area contributed by atoms with Gasteiger partial charge in [-0.05, 0) is 67.4 Å². The van der Waals surface area contributed by atoms with Crippen molar-refractivity contribution in [1.82, 2.24) is 5.43 Å². The Bertz CT molecular complexity index is 1140. The molecule has 32 heavy (non-hydrogen) atoms. The van der Waals surface area contributed by atoms with Crippen molar-refractivity contribution in [3.05, 3.63) is 89.0 Å². The third kappa shape index (κ3) is 5.72. The van der Waals surface area contributed by atoms with Crippen LogP contribution in [0.5, 0.6) is 17.2 Å². The second kappa shape index (κ2) is 10.8. The molecule has 0 aliphatic rings. The largest absolute Gasteiger partial charge is 0.497 e. The van der Waals surface area contributed by atoms with E-state index in [0.29, 0.717) is 34.8 Å². The Morgan fingerprint density at radius 2 is 1.81 bits per heavy atom. The van der Waals surface area contributed by atoms with Crippen LogP contribution >= 0.6 is 0 Å². The molecule has 0 saturated carbocycles. The standard InChI is InChI=1S/C25H24N2O5/c1-4-31-23-14-18(16-26-27-24(28)21-11-6-5-8-17(21)2)12-13-22(23)32-25(29)19-9-7-10-20(15-19)30-3/h5-16H,4H2,1-3H3,(H,27,28). The summed E-state index contributed by atoms with van der Waals surface area (Å²) in [5.74, 6) is 0.396. The Hall–Kier alpha value is -4.13. The second-order valence-corrected chi connectivity index (χ2v) is 6.77. The van der Waals surface area contributed by atoms with Gasteiger partial charge in [-0.2, -0.15) is 5.10 Å². The molecule has 0 atom stereocenters.